The van der Waals surface area contributed by atoms with Crippen molar-refractivity contribution in [2.75, 3.05) is 31.1 Å². The zero-order valence-corrected chi connectivity index (χ0v) is 22.6. The summed E-state index contributed by atoms with van der Waals surface area (Å²) in [5, 5.41) is 4.34. The van der Waals surface area contributed by atoms with Crippen LogP contribution in [0, 0.1) is 11.7 Å². The first-order chi connectivity index (χ1) is 18.5. The van der Waals surface area contributed by atoms with Gasteiger partial charge >= 0.3 is 5.56 Å². The highest BCUT2D eigenvalue weighted by atomic mass is 32.2. The van der Waals surface area contributed by atoms with Gasteiger partial charge in [-0.05, 0) is 43.7 Å². The largest absolute Gasteiger partial charge is 0.598 e. The maximum atomic E-state index is 14.6. The molecule has 0 amide bonds. The molecule has 7 nitrogen and oxygen atoms in total. The molecule has 0 spiro atoms. The van der Waals surface area contributed by atoms with Crippen LogP contribution in [-0.4, -0.2) is 50.9 Å². The number of halogens is 1. The number of ether oxygens (including phenoxy) is 1. The highest BCUT2D eigenvalue weighted by molar-refractivity contribution is 7.88. The van der Waals surface area contributed by atoms with Gasteiger partial charge in [0.2, 0.25) is 5.75 Å². The van der Waals surface area contributed by atoms with Gasteiger partial charge in [-0.3, -0.25) is 4.79 Å². The summed E-state index contributed by atoms with van der Waals surface area (Å²) in [5.41, 5.74) is 1.31. The minimum atomic E-state index is -1.13. The number of nitrogens with zero attached hydrogens (tertiary/aromatic N) is 4. The van der Waals surface area contributed by atoms with E-state index in [1.54, 1.807) is 24.4 Å². The molecule has 1 aromatic heterocycles. The Kier molecular flexibility index (Phi) is 8.66. The quantitative estimate of drug-likeness (QED) is 0.387. The molecule has 1 aliphatic carbocycles. The fraction of sp³-hybridized carbons (Fsp3) is 0.448. The van der Waals surface area contributed by atoms with E-state index in [2.05, 4.69) is 16.9 Å². The van der Waals surface area contributed by atoms with Crippen LogP contribution in [0.3, 0.4) is 0 Å². The summed E-state index contributed by atoms with van der Waals surface area (Å²) in [6.07, 6.45) is 6.66. The molecular formula is C29H35FN4O3S. The van der Waals surface area contributed by atoms with Crippen LogP contribution in [0.5, 0.6) is 5.75 Å². The molecule has 1 atom stereocenters. The molecule has 1 saturated heterocycles. The number of benzene rings is 2. The van der Waals surface area contributed by atoms with Gasteiger partial charge in [0.15, 0.2) is 5.75 Å². The highest BCUT2D eigenvalue weighted by Crippen LogP contribution is 2.32. The Morgan fingerprint density at radius 2 is 1.66 bits per heavy atom. The molecule has 202 valence electrons. The van der Waals surface area contributed by atoms with Crippen molar-refractivity contribution in [2.45, 2.75) is 50.9 Å². The zero-order valence-electron chi connectivity index (χ0n) is 21.8. The van der Waals surface area contributed by atoms with E-state index in [9.17, 15) is 13.7 Å². The molecule has 3 aromatic rings. The summed E-state index contributed by atoms with van der Waals surface area (Å²) < 4.78 is 37.0. The molecule has 2 fully saturated rings. The van der Waals surface area contributed by atoms with Crippen LogP contribution in [-0.2, 0) is 17.1 Å². The van der Waals surface area contributed by atoms with Crippen LogP contribution in [0.25, 0.3) is 5.69 Å². The maximum Gasteiger partial charge on any atom is 0.316 e. The first-order valence-corrected chi connectivity index (χ1v) is 14.8. The fourth-order valence-electron chi connectivity index (χ4n) is 5.33. The number of piperazine rings is 1. The Bertz CT molecular complexity index is 1260. The summed E-state index contributed by atoms with van der Waals surface area (Å²) in [5.74, 6) is 0.892. The molecule has 2 heterocycles. The predicted octanol–water partition coefficient (Wildman–Crippen LogP) is 4.71. The van der Waals surface area contributed by atoms with Gasteiger partial charge in [-0.2, -0.15) is 9.78 Å². The van der Waals surface area contributed by atoms with Crippen LogP contribution in [0.1, 0.15) is 44.6 Å². The van der Waals surface area contributed by atoms with Crippen molar-refractivity contribution in [1.29, 1.82) is 0 Å². The van der Waals surface area contributed by atoms with Crippen LogP contribution in [0.15, 0.2) is 65.6 Å². The van der Waals surface area contributed by atoms with E-state index in [0.29, 0.717) is 43.5 Å². The van der Waals surface area contributed by atoms with Crippen LogP contribution in [0.4, 0.5) is 10.1 Å². The second kappa shape index (κ2) is 12.3. The average Bonchev–Trinajstić information content (AvgIpc) is 2.95. The molecule has 1 aliphatic heterocycles. The molecule has 5 rings (SSSR count). The average molecular weight is 539 g/mol. The third-order valence-electron chi connectivity index (χ3n) is 7.65. The van der Waals surface area contributed by atoms with E-state index >= 15 is 0 Å². The Labute approximate surface area is 226 Å². The molecule has 2 aromatic carbocycles. The first-order valence-electron chi connectivity index (χ1n) is 13.5. The lowest BCUT2D eigenvalue weighted by Crippen LogP contribution is -2.49. The lowest BCUT2D eigenvalue weighted by molar-refractivity contribution is 0.128. The SMILES string of the molecule is CCC1CCC(Oc2c(N3CCN([S+]([O-])Cc4ccccc4)CC3)cnn(-c3ccccc3F)c2=O)CC1. The van der Waals surface area contributed by atoms with Gasteiger partial charge in [0.1, 0.15) is 17.2 Å². The van der Waals surface area contributed by atoms with Crippen molar-refractivity contribution < 1.29 is 13.7 Å². The normalized spacial score (nSPS) is 21.3. The van der Waals surface area contributed by atoms with E-state index < -0.39 is 22.7 Å². The number of aromatic nitrogens is 2. The number of anilines is 1. The third-order valence-corrected chi connectivity index (χ3v) is 9.17. The molecule has 1 saturated carbocycles. The maximum absolute atomic E-state index is 14.6. The van der Waals surface area contributed by atoms with E-state index in [4.69, 9.17) is 4.74 Å². The molecule has 0 bridgehead atoms. The molecule has 9 heteroatoms. The monoisotopic (exact) mass is 538 g/mol. The van der Waals surface area contributed by atoms with Gasteiger partial charge in [-0.25, -0.2) is 4.39 Å². The Hall–Kier alpha value is -2.88. The molecule has 2 aliphatic rings. The Morgan fingerprint density at radius 3 is 2.34 bits per heavy atom. The minimum absolute atomic E-state index is 0.0552. The summed E-state index contributed by atoms with van der Waals surface area (Å²) >= 11 is -1.13. The molecule has 38 heavy (non-hydrogen) atoms. The van der Waals surface area contributed by atoms with E-state index in [1.807, 2.05) is 34.6 Å². The van der Waals surface area contributed by atoms with E-state index in [0.717, 1.165) is 42.3 Å². The number of para-hydroxylation sites is 1. The topological polar surface area (TPSA) is 73.7 Å². The number of rotatable bonds is 8. The molecule has 0 radical (unpaired) electrons. The predicted molar refractivity (Wildman–Crippen MR) is 149 cm³/mol. The molecular weight excluding hydrogens is 503 g/mol. The summed E-state index contributed by atoms with van der Waals surface area (Å²) in [6, 6.07) is 16.0. The van der Waals surface area contributed by atoms with Gasteiger partial charge in [-0.1, -0.05) is 55.8 Å². The van der Waals surface area contributed by atoms with Crippen molar-refractivity contribution in [3.63, 3.8) is 0 Å². The van der Waals surface area contributed by atoms with Gasteiger partial charge < -0.3 is 14.2 Å². The van der Waals surface area contributed by atoms with Crippen molar-refractivity contribution in [3.05, 3.63) is 82.5 Å². The van der Waals surface area contributed by atoms with E-state index in [-0.39, 0.29) is 17.5 Å². The van der Waals surface area contributed by atoms with Crippen molar-refractivity contribution >= 4 is 17.0 Å². The van der Waals surface area contributed by atoms with Crippen molar-refractivity contribution in [3.8, 4) is 11.4 Å². The van der Waals surface area contributed by atoms with Gasteiger partial charge in [0.25, 0.3) is 0 Å². The highest BCUT2D eigenvalue weighted by Gasteiger charge is 2.30. The van der Waals surface area contributed by atoms with Crippen LogP contribution in [0.2, 0.25) is 0 Å². The lowest BCUT2D eigenvalue weighted by Gasteiger charge is -2.36. The van der Waals surface area contributed by atoms with Gasteiger partial charge in [-0.15, -0.1) is 4.31 Å². The van der Waals surface area contributed by atoms with Crippen molar-refractivity contribution in [2.24, 2.45) is 5.92 Å². The summed E-state index contributed by atoms with van der Waals surface area (Å²) in [4.78, 5) is 15.8. The smallest absolute Gasteiger partial charge is 0.316 e. The summed E-state index contributed by atoms with van der Waals surface area (Å²) in [6.45, 7) is 4.58. The summed E-state index contributed by atoms with van der Waals surface area (Å²) in [7, 11) is 0. The lowest BCUT2D eigenvalue weighted by atomic mass is 9.86. The first kappa shape index (κ1) is 26.7. The fourth-order valence-corrected chi connectivity index (χ4v) is 6.56. The second-order valence-corrected chi connectivity index (χ2v) is 11.5. The van der Waals surface area contributed by atoms with Crippen LogP contribution < -0.4 is 15.2 Å². The zero-order chi connectivity index (χ0) is 26.5. The van der Waals surface area contributed by atoms with Crippen LogP contribution >= 0.6 is 0 Å². The van der Waals surface area contributed by atoms with Gasteiger partial charge in [0.05, 0.1) is 25.4 Å². The molecule has 0 N–H and O–H groups in total. The Morgan fingerprint density at radius 1 is 0.974 bits per heavy atom. The Balaban J connectivity index is 1.36. The van der Waals surface area contributed by atoms with E-state index in [1.165, 1.54) is 6.07 Å². The molecule has 1 unspecified atom stereocenters. The van der Waals surface area contributed by atoms with Crippen molar-refractivity contribution in [1.82, 2.24) is 14.1 Å². The second-order valence-electron chi connectivity index (χ2n) is 10.1. The number of hydrogen-bond acceptors (Lipinski definition) is 6. The minimum Gasteiger partial charge on any atom is -0.598 e. The third kappa shape index (κ3) is 6.06. The number of hydrogen-bond donors (Lipinski definition) is 0. The standard InChI is InChI=1S/C29H35FN4O3S/c1-2-22-12-14-24(15-13-22)37-28-27(20-31-34(29(28)35)26-11-7-6-10-25(26)30)32-16-18-33(19-17-32)38(36)21-23-8-4-3-5-9-23/h3-11,20,22,24H,2,12-19,21H2,1H3. The van der Waals surface area contributed by atoms with Gasteiger partial charge in [0, 0.05) is 30.0 Å².